The van der Waals surface area contributed by atoms with E-state index in [4.69, 9.17) is 0 Å². The zero-order chi connectivity index (χ0) is 16.8. The highest BCUT2D eigenvalue weighted by Crippen LogP contribution is 2.22. The molecule has 1 aliphatic heterocycles. The van der Waals surface area contributed by atoms with E-state index in [1.165, 1.54) is 6.07 Å². The van der Waals surface area contributed by atoms with Crippen LogP contribution in [0.3, 0.4) is 0 Å². The van der Waals surface area contributed by atoms with E-state index in [-0.39, 0.29) is 23.8 Å². The van der Waals surface area contributed by atoms with Crippen molar-refractivity contribution < 1.29 is 9.18 Å². The van der Waals surface area contributed by atoms with Crippen LogP contribution in [0.4, 0.5) is 4.39 Å². The van der Waals surface area contributed by atoms with Gasteiger partial charge in [0.15, 0.2) is 0 Å². The third kappa shape index (κ3) is 4.75. The summed E-state index contributed by atoms with van der Waals surface area (Å²) >= 11 is 0. The van der Waals surface area contributed by atoms with Crippen LogP contribution in [0.2, 0.25) is 0 Å². The van der Waals surface area contributed by atoms with Crippen molar-refractivity contribution in [2.24, 2.45) is 0 Å². The third-order valence-electron chi connectivity index (χ3n) is 4.70. The van der Waals surface area contributed by atoms with E-state index < -0.39 is 0 Å². The summed E-state index contributed by atoms with van der Waals surface area (Å²) in [6.07, 6.45) is 0.956. The van der Waals surface area contributed by atoms with Crippen molar-refractivity contribution >= 4 is 5.91 Å². The van der Waals surface area contributed by atoms with Crippen molar-refractivity contribution in [2.75, 3.05) is 32.7 Å². The number of carbonyl (C=O) groups is 1. The number of amides is 1. The molecule has 0 aliphatic carbocycles. The maximum absolute atomic E-state index is 13.4. The Hall–Kier alpha value is -1.46. The maximum Gasteiger partial charge on any atom is 0.237 e. The van der Waals surface area contributed by atoms with Gasteiger partial charge >= 0.3 is 0 Å². The van der Waals surface area contributed by atoms with Crippen LogP contribution in [0.15, 0.2) is 24.3 Å². The lowest BCUT2D eigenvalue weighted by Gasteiger charge is -2.40. The fourth-order valence-electron chi connectivity index (χ4n) is 3.05. The Morgan fingerprint density at radius 3 is 2.48 bits per heavy atom. The zero-order valence-electron chi connectivity index (χ0n) is 14.4. The minimum Gasteiger partial charge on any atom is -0.355 e. The van der Waals surface area contributed by atoms with E-state index >= 15 is 0 Å². The molecule has 2 rings (SSSR count). The number of benzene rings is 1. The molecule has 0 radical (unpaired) electrons. The molecule has 128 valence electrons. The number of hydrogen-bond acceptors (Lipinski definition) is 3. The zero-order valence-corrected chi connectivity index (χ0v) is 14.4. The molecule has 1 N–H and O–H groups in total. The maximum atomic E-state index is 13.4. The van der Waals surface area contributed by atoms with Gasteiger partial charge in [-0.3, -0.25) is 14.6 Å². The Morgan fingerprint density at radius 1 is 1.22 bits per heavy atom. The van der Waals surface area contributed by atoms with Gasteiger partial charge in [0.2, 0.25) is 5.91 Å². The smallest absolute Gasteiger partial charge is 0.237 e. The summed E-state index contributed by atoms with van der Waals surface area (Å²) in [5.74, 6) is -0.0762. The van der Waals surface area contributed by atoms with Crippen LogP contribution < -0.4 is 5.32 Å². The minimum absolute atomic E-state index is 0.0897. The number of carbonyl (C=O) groups excluding carboxylic acids is 1. The molecule has 0 saturated carbocycles. The van der Waals surface area contributed by atoms with Gasteiger partial charge in [0.1, 0.15) is 5.82 Å². The lowest BCUT2D eigenvalue weighted by Crippen LogP contribution is -2.54. The van der Waals surface area contributed by atoms with Gasteiger partial charge in [-0.15, -0.1) is 0 Å². The van der Waals surface area contributed by atoms with Gasteiger partial charge in [-0.05, 0) is 38.0 Å². The number of nitrogens with one attached hydrogen (secondary N) is 1. The fourth-order valence-corrected chi connectivity index (χ4v) is 3.05. The quantitative estimate of drug-likeness (QED) is 0.874. The second kappa shape index (κ2) is 8.41. The Kier molecular flexibility index (Phi) is 6.54. The van der Waals surface area contributed by atoms with E-state index in [2.05, 4.69) is 29.0 Å². The molecule has 1 aromatic carbocycles. The lowest BCUT2D eigenvalue weighted by molar-refractivity contribution is -0.126. The topological polar surface area (TPSA) is 35.6 Å². The van der Waals surface area contributed by atoms with Crippen molar-refractivity contribution in [2.45, 2.75) is 39.3 Å². The highest BCUT2D eigenvalue weighted by atomic mass is 19.1. The largest absolute Gasteiger partial charge is 0.355 e. The van der Waals surface area contributed by atoms with Gasteiger partial charge < -0.3 is 5.32 Å². The number of hydrogen-bond donors (Lipinski definition) is 1. The molecule has 0 spiro atoms. The van der Waals surface area contributed by atoms with E-state index in [1.807, 2.05) is 13.0 Å². The van der Waals surface area contributed by atoms with Crippen molar-refractivity contribution in [1.82, 2.24) is 15.1 Å². The summed E-state index contributed by atoms with van der Waals surface area (Å²) in [4.78, 5) is 16.6. The summed E-state index contributed by atoms with van der Waals surface area (Å²) in [6.45, 7) is 10.4. The van der Waals surface area contributed by atoms with E-state index in [0.717, 1.165) is 44.7 Å². The monoisotopic (exact) mass is 321 g/mol. The molecule has 1 aromatic rings. The fraction of sp³-hybridized carbons (Fsp3) is 0.611. The summed E-state index contributed by atoms with van der Waals surface area (Å²) in [7, 11) is 0. The second-order valence-corrected chi connectivity index (χ2v) is 6.27. The SMILES string of the molecule is CCCNC(=O)[C@@H](C)N1CCN([C@@H](C)c2cccc(F)c2)CC1. The Bertz CT molecular complexity index is 515. The van der Waals surface area contributed by atoms with E-state index in [0.29, 0.717) is 0 Å². The summed E-state index contributed by atoms with van der Waals surface area (Å²) in [6, 6.07) is 6.92. The molecule has 1 amide bonds. The van der Waals surface area contributed by atoms with Gasteiger partial charge in [-0.25, -0.2) is 4.39 Å². The second-order valence-electron chi connectivity index (χ2n) is 6.27. The first kappa shape index (κ1) is 17.9. The van der Waals surface area contributed by atoms with Gasteiger partial charge in [0.25, 0.3) is 0 Å². The first-order chi connectivity index (χ1) is 11.0. The van der Waals surface area contributed by atoms with E-state index in [9.17, 15) is 9.18 Å². The predicted octanol–water partition coefficient (Wildman–Crippen LogP) is 2.42. The molecule has 4 nitrogen and oxygen atoms in total. The van der Waals surface area contributed by atoms with Gasteiger partial charge in [-0.1, -0.05) is 19.1 Å². The Morgan fingerprint density at radius 2 is 1.87 bits per heavy atom. The summed E-state index contributed by atoms with van der Waals surface area (Å²) in [5, 5.41) is 2.96. The highest BCUT2D eigenvalue weighted by molar-refractivity contribution is 5.81. The summed E-state index contributed by atoms with van der Waals surface area (Å²) in [5.41, 5.74) is 1.01. The molecule has 5 heteroatoms. The first-order valence-electron chi connectivity index (χ1n) is 8.54. The minimum atomic E-state index is -0.186. The predicted molar refractivity (Wildman–Crippen MR) is 90.7 cm³/mol. The van der Waals surface area contributed by atoms with Crippen LogP contribution in [0.1, 0.15) is 38.8 Å². The average Bonchev–Trinajstić information content (AvgIpc) is 2.58. The first-order valence-corrected chi connectivity index (χ1v) is 8.54. The molecule has 0 bridgehead atoms. The van der Waals surface area contributed by atoms with Crippen LogP contribution in [-0.2, 0) is 4.79 Å². The number of rotatable bonds is 6. The Balaban J connectivity index is 1.87. The Labute approximate surface area is 138 Å². The van der Waals surface area contributed by atoms with Crippen LogP contribution in [0.25, 0.3) is 0 Å². The van der Waals surface area contributed by atoms with Crippen LogP contribution >= 0.6 is 0 Å². The average molecular weight is 321 g/mol. The lowest BCUT2D eigenvalue weighted by atomic mass is 10.1. The summed E-state index contributed by atoms with van der Waals surface area (Å²) < 4.78 is 13.4. The highest BCUT2D eigenvalue weighted by Gasteiger charge is 2.27. The molecular formula is C18H28FN3O. The van der Waals surface area contributed by atoms with Crippen molar-refractivity contribution in [1.29, 1.82) is 0 Å². The standard InChI is InChI=1S/C18H28FN3O/c1-4-8-20-18(23)15(3)22-11-9-21(10-12-22)14(2)16-6-5-7-17(19)13-16/h5-7,13-15H,4,8-12H2,1-3H3,(H,20,23)/t14-,15+/m0/s1. The van der Waals surface area contributed by atoms with Crippen molar-refractivity contribution in [3.63, 3.8) is 0 Å². The number of piperazine rings is 1. The van der Waals surface area contributed by atoms with Crippen molar-refractivity contribution in [3.8, 4) is 0 Å². The van der Waals surface area contributed by atoms with Gasteiger partial charge in [0.05, 0.1) is 6.04 Å². The van der Waals surface area contributed by atoms with Crippen LogP contribution in [0.5, 0.6) is 0 Å². The van der Waals surface area contributed by atoms with Crippen molar-refractivity contribution in [3.05, 3.63) is 35.6 Å². The molecule has 0 aromatic heterocycles. The third-order valence-corrected chi connectivity index (χ3v) is 4.70. The number of nitrogens with zero attached hydrogens (tertiary/aromatic N) is 2. The van der Waals surface area contributed by atoms with Gasteiger partial charge in [0, 0.05) is 38.8 Å². The normalized spacial score (nSPS) is 19.3. The molecule has 2 atom stereocenters. The van der Waals surface area contributed by atoms with Crippen LogP contribution in [0, 0.1) is 5.82 Å². The molecule has 0 unspecified atom stereocenters. The molecule has 23 heavy (non-hydrogen) atoms. The molecular weight excluding hydrogens is 293 g/mol. The molecule has 1 heterocycles. The van der Waals surface area contributed by atoms with Crippen LogP contribution in [-0.4, -0.2) is 54.5 Å². The molecule has 1 aliphatic rings. The number of halogens is 1. The van der Waals surface area contributed by atoms with Gasteiger partial charge in [-0.2, -0.15) is 0 Å². The molecule has 1 fully saturated rings. The molecule has 1 saturated heterocycles. The van der Waals surface area contributed by atoms with E-state index in [1.54, 1.807) is 12.1 Å².